The van der Waals surface area contributed by atoms with E-state index in [1.165, 1.54) is 5.56 Å². The van der Waals surface area contributed by atoms with Gasteiger partial charge in [0.25, 0.3) is 0 Å². The number of aromatic nitrogens is 4. The molecule has 0 bridgehead atoms. The number of H-pyrrole nitrogens is 1. The zero-order chi connectivity index (χ0) is 34.4. The molecular formula is C40H41N7O3. The molecular weight excluding hydrogens is 626 g/mol. The number of carbonyl (C=O) groups is 1. The van der Waals surface area contributed by atoms with Gasteiger partial charge in [0, 0.05) is 67.4 Å². The average Bonchev–Trinajstić information content (AvgIpc) is 3.86. The van der Waals surface area contributed by atoms with Crippen molar-refractivity contribution in [3.8, 4) is 22.4 Å². The number of aliphatic hydroxyl groups is 1. The number of fused-ring (bicyclic) bond motifs is 2. The number of aliphatic hydroxyl groups excluding tert-OH is 1. The van der Waals surface area contributed by atoms with Gasteiger partial charge in [-0.25, -0.2) is 9.97 Å². The minimum Gasteiger partial charge on any atom is -0.481 e. The van der Waals surface area contributed by atoms with Crippen LogP contribution in [-0.2, 0) is 17.9 Å². The van der Waals surface area contributed by atoms with Crippen LogP contribution in [-0.4, -0.2) is 78.2 Å². The molecule has 6 heterocycles. The van der Waals surface area contributed by atoms with E-state index in [1.807, 2.05) is 24.5 Å². The highest BCUT2D eigenvalue weighted by atomic mass is 16.4. The van der Waals surface area contributed by atoms with Crippen LogP contribution in [0.2, 0.25) is 0 Å². The molecule has 4 aromatic heterocycles. The first-order chi connectivity index (χ1) is 24.3. The highest BCUT2D eigenvalue weighted by molar-refractivity contribution is 5.91. The summed E-state index contributed by atoms with van der Waals surface area (Å²) >= 11 is 0. The van der Waals surface area contributed by atoms with E-state index >= 15 is 0 Å². The first kappa shape index (κ1) is 32.1. The van der Waals surface area contributed by atoms with Gasteiger partial charge in [0.15, 0.2) is 5.82 Å². The van der Waals surface area contributed by atoms with Crippen LogP contribution in [0.4, 0.5) is 11.5 Å². The summed E-state index contributed by atoms with van der Waals surface area (Å²) in [7, 11) is 0. The Balaban J connectivity index is 1.04. The van der Waals surface area contributed by atoms with E-state index in [0.29, 0.717) is 31.9 Å². The van der Waals surface area contributed by atoms with Crippen molar-refractivity contribution in [1.29, 1.82) is 0 Å². The third-order valence-electron chi connectivity index (χ3n) is 10.4. The lowest BCUT2D eigenvalue weighted by atomic mass is 9.92. The van der Waals surface area contributed by atoms with Gasteiger partial charge >= 0.3 is 5.97 Å². The molecule has 0 amide bonds. The molecule has 4 N–H and O–H groups in total. The second kappa shape index (κ2) is 13.3. The largest absolute Gasteiger partial charge is 0.481 e. The summed E-state index contributed by atoms with van der Waals surface area (Å²) in [4.78, 5) is 33.8. The highest BCUT2D eigenvalue weighted by Gasteiger charge is 2.28. The number of nitrogens with one attached hydrogen (secondary N) is 2. The molecule has 6 aromatic rings. The fraction of sp³-hybridized carbons (Fsp3) is 0.300. The summed E-state index contributed by atoms with van der Waals surface area (Å²) < 4.78 is 0. The van der Waals surface area contributed by atoms with Crippen LogP contribution in [0.5, 0.6) is 0 Å². The van der Waals surface area contributed by atoms with Gasteiger partial charge in [-0.2, -0.15) is 0 Å². The molecule has 1 unspecified atom stereocenters. The summed E-state index contributed by atoms with van der Waals surface area (Å²) in [5.74, 6) is -0.296. The minimum absolute atomic E-state index is 0.239. The van der Waals surface area contributed by atoms with Crippen molar-refractivity contribution in [2.45, 2.75) is 45.9 Å². The maximum atomic E-state index is 11.4. The second-order valence-corrected chi connectivity index (χ2v) is 13.8. The number of pyridine rings is 3. The van der Waals surface area contributed by atoms with Gasteiger partial charge in [0.05, 0.1) is 28.7 Å². The first-order valence-corrected chi connectivity index (χ1v) is 17.3. The first-order valence-electron chi connectivity index (χ1n) is 17.3. The molecule has 2 saturated heterocycles. The number of benzene rings is 2. The molecule has 2 atom stereocenters. The Hall–Kier alpha value is -5.16. The number of anilines is 2. The van der Waals surface area contributed by atoms with E-state index in [9.17, 15) is 15.0 Å². The number of nitrogens with zero attached hydrogens (tertiary/aromatic N) is 5. The van der Waals surface area contributed by atoms with Gasteiger partial charge < -0.3 is 20.5 Å². The van der Waals surface area contributed by atoms with Crippen molar-refractivity contribution < 1.29 is 15.0 Å². The Kier molecular flexibility index (Phi) is 8.52. The molecule has 2 aliphatic rings. The molecule has 2 aromatic carbocycles. The van der Waals surface area contributed by atoms with Gasteiger partial charge in [0.2, 0.25) is 0 Å². The van der Waals surface area contributed by atoms with Crippen molar-refractivity contribution in [2.75, 3.05) is 31.5 Å². The van der Waals surface area contributed by atoms with Gasteiger partial charge in [-0.1, -0.05) is 30.3 Å². The van der Waals surface area contributed by atoms with Gasteiger partial charge in [-0.15, -0.1) is 0 Å². The maximum Gasteiger partial charge on any atom is 0.307 e. The van der Waals surface area contributed by atoms with E-state index in [0.717, 1.165) is 92.9 Å². The fourth-order valence-corrected chi connectivity index (χ4v) is 7.60. The number of aromatic amines is 1. The lowest BCUT2D eigenvalue weighted by Gasteiger charge is -2.17. The number of likely N-dealkylation sites (tertiary alicyclic amines) is 2. The highest BCUT2D eigenvalue weighted by Crippen LogP contribution is 2.37. The lowest BCUT2D eigenvalue weighted by Crippen LogP contribution is -2.23. The monoisotopic (exact) mass is 667 g/mol. The number of carboxylic acid groups (broad SMARTS) is 1. The summed E-state index contributed by atoms with van der Waals surface area (Å²) in [5, 5.41) is 23.9. The standard InChI is InChI=1S/C40H41N7O3/c1-24-31(5-3-7-33(24)36-18-37-35(44-36)10-9-29(43-37)22-47-15-12-28(21-47)40(49)50)32-6-4-8-34(25(32)2)45-39-38-27(11-14-41-39)17-26(19-42-38)20-46-16-13-30(48)23-46/h3-11,14,17-19,28,30,44,48H,12-13,15-16,20-23H2,1-2H3,(H,41,45)(H,49,50)/t28?,30-/m1/s1. The van der Waals surface area contributed by atoms with Crippen LogP contribution in [0, 0.1) is 19.8 Å². The van der Waals surface area contributed by atoms with E-state index < -0.39 is 5.97 Å². The topological polar surface area (TPSA) is 130 Å². The minimum atomic E-state index is -0.716. The normalized spacial score (nSPS) is 18.4. The summed E-state index contributed by atoms with van der Waals surface area (Å²) in [5.41, 5.74) is 12.4. The van der Waals surface area contributed by atoms with Crippen LogP contribution >= 0.6 is 0 Å². The molecule has 254 valence electrons. The molecule has 2 fully saturated rings. The molecule has 0 radical (unpaired) electrons. The third-order valence-corrected chi connectivity index (χ3v) is 10.4. The molecule has 8 rings (SSSR count). The molecule has 0 aliphatic carbocycles. The fourth-order valence-electron chi connectivity index (χ4n) is 7.60. The number of rotatable bonds is 9. The number of aliphatic carboxylic acids is 1. The third kappa shape index (κ3) is 6.33. The Bertz CT molecular complexity index is 2230. The van der Waals surface area contributed by atoms with Gasteiger partial charge in [-0.05, 0) is 97.4 Å². The SMILES string of the molecule is Cc1c(Nc2nccc3cc(CN4CC[C@@H](O)C4)cnc23)cccc1-c1cccc(-c2cc3nc(CN4CCC(C(=O)O)C4)ccc3[nH]2)c1C. The van der Waals surface area contributed by atoms with Crippen molar-refractivity contribution in [2.24, 2.45) is 5.92 Å². The van der Waals surface area contributed by atoms with Gasteiger partial charge in [0.1, 0.15) is 5.52 Å². The Labute approximate surface area is 290 Å². The molecule has 10 nitrogen and oxygen atoms in total. The average molecular weight is 668 g/mol. The van der Waals surface area contributed by atoms with Gasteiger partial charge in [-0.3, -0.25) is 19.6 Å². The Morgan fingerprint density at radius 2 is 1.68 bits per heavy atom. The molecule has 2 aliphatic heterocycles. The van der Waals surface area contributed by atoms with Crippen molar-refractivity contribution in [1.82, 2.24) is 29.7 Å². The summed E-state index contributed by atoms with van der Waals surface area (Å²) in [6.45, 7) is 8.67. The molecule has 10 heteroatoms. The van der Waals surface area contributed by atoms with E-state index in [4.69, 9.17) is 9.97 Å². The molecule has 0 saturated carbocycles. The number of β-amino-alcohol motifs (C(OH)–C–C–N with tert-alkyl or cyclic N) is 1. The van der Waals surface area contributed by atoms with Crippen molar-refractivity contribution in [3.05, 3.63) is 102 Å². The predicted molar refractivity (Wildman–Crippen MR) is 196 cm³/mol. The quantitative estimate of drug-likeness (QED) is 0.134. The predicted octanol–water partition coefficient (Wildman–Crippen LogP) is 6.67. The summed E-state index contributed by atoms with van der Waals surface area (Å²) in [6, 6.07) is 23.1. The van der Waals surface area contributed by atoms with Crippen LogP contribution < -0.4 is 5.32 Å². The smallest absolute Gasteiger partial charge is 0.307 e. The van der Waals surface area contributed by atoms with E-state index in [2.05, 4.69) is 93.5 Å². The van der Waals surface area contributed by atoms with Crippen LogP contribution in [0.25, 0.3) is 44.3 Å². The molecule has 50 heavy (non-hydrogen) atoms. The number of hydrogen-bond acceptors (Lipinski definition) is 8. The summed E-state index contributed by atoms with van der Waals surface area (Å²) in [6.07, 6.45) is 5.01. The Morgan fingerprint density at radius 3 is 2.48 bits per heavy atom. The maximum absolute atomic E-state index is 11.4. The zero-order valence-corrected chi connectivity index (χ0v) is 28.4. The molecule has 0 spiro atoms. The van der Waals surface area contributed by atoms with E-state index in [1.54, 1.807) is 0 Å². The number of carboxylic acids is 1. The van der Waals surface area contributed by atoms with Crippen molar-refractivity contribution >= 4 is 39.4 Å². The van der Waals surface area contributed by atoms with E-state index in [-0.39, 0.29) is 12.0 Å². The van der Waals surface area contributed by atoms with Crippen LogP contribution in [0.15, 0.2) is 79.1 Å². The second-order valence-electron chi connectivity index (χ2n) is 13.8. The number of hydrogen-bond donors (Lipinski definition) is 4. The van der Waals surface area contributed by atoms with Crippen LogP contribution in [0.3, 0.4) is 0 Å². The lowest BCUT2D eigenvalue weighted by molar-refractivity contribution is -0.141. The van der Waals surface area contributed by atoms with Crippen LogP contribution in [0.1, 0.15) is 35.2 Å². The Morgan fingerprint density at radius 1 is 0.900 bits per heavy atom. The zero-order valence-electron chi connectivity index (χ0n) is 28.4. The van der Waals surface area contributed by atoms with Crippen molar-refractivity contribution in [3.63, 3.8) is 0 Å².